The molecule has 6 nitrogen and oxygen atoms in total. The van der Waals surface area contributed by atoms with Crippen molar-refractivity contribution < 1.29 is 28.5 Å². The summed E-state index contributed by atoms with van der Waals surface area (Å²) in [6, 6.07) is 11.3. The molecule has 2 aromatic carbocycles. The number of methoxy groups -OCH3 is 2. The van der Waals surface area contributed by atoms with Gasteiger partial charge in [-0.3, -0.25) is 0 Å². The summed E-state index contributed by atoms with van der Waals surface area (Å²) in [5, 5.41) is 10.5. The highest BCUT2D eigenvalue weighted by molar-refractivity contribution is 5.68. The van der Waals surface area contributed by atoms with Crippen LogP contribution in [0.15, 0.2) is 42.5 Å². The Morgan fingerprint density at radius 2 is 1.90 bits per heavy atom. The molecule has 0 saturated carbocycles. The highest BCUT2D eigenvalue weighted by atomic mass is 19.1. The van der Waals surface area contributed by atoms with Crippen molar-refractivity contribution in [2.45, 2.75) is 25.9 Å². The first kappa shape index (κ1) is 20.9. The molecule has 1 N–H and O–H groups in total. The van der Waals surface area contributed by atoms with Gasteiger partial charge in [-0.15, -0.1) is 0 Å². The van der Waals surface area contributed by atoms with Crippen LogP contribution in [-0.2, 0) is 4.74 Å². The molecule has 1 aliphatic heterocycles. The third kappa shape index (κ3) is 4.15. The van der Waals surface area contributed by atoms with Gasteiger partial charge in [0.15, 0.2) is 11.5 Å². The molecule has 3 rings (SSSR count). The lowest BCUT2D eigenvalue weighted by Gasteiger charge is -2.33. The zero-order valence-corrected chi connectivity index (χ0v) is 17.0. The molecule has 0 radical (unpaired) electrons. The summed E-state index contributed by atoms with van der Waals surface area (Å²) in [6.07, 6.45) is -1.07. The van der Waals surface area contributed by atoms with E-state index in [0.29, 0.717) is 30.3 Å². The normalized spacial score (nSPS) is 22.3. The second kappa shape index (κ2) is 8.29. The number of nitrogens with zero attached hydrogens (tertiary/aromatic N) is 1. The minimum atomic E-state index is -0.647. The summed E-state index contributed by atoms with van der Waals surface area (Å²) < 4.78 is 29.4. The lowest BCUT2D eigenvalue weighted by Crippen LogP contribution is -2.38. The number of hydrogen-bond acceptors (Lipinski definition) is 5. The monoisotopic (exact) mass is 403 g/mol. The van der Waals surface area contributed by atoms with E-state index in [9.17, 15) is 14.3 Å². The van der Waals surface area contributed by atoms with Crippen molar-refractivity contribution >= 4 is 6.09 Å². The highest BCUT2D eigenvalue weighted by Crippen LogP contribution is 2.47. The molecule has 0 aliphatic carbocycles. The van der Waals surface area contributed by atoms with Crippen LogP contribution in [0.25, 0.3) is 0 Å². The summed E-state index contributed by atoms with van der Waals surface area (Å²) in [5.41, 5.74) is 0.341. The number of benzene rings is 2. The lowest BCUT2D eigenvalue weighted by molar-refractivity contribution is 0.0470. The molecule has 1 fully saturated rings. The summed E-state index contributed by atoms with van der Waals surface area (Å²) in [5.74, 6) is 0.992. The molecule has 1 amide bonds. The molecule has 1 heterocycles. The van der Waals surface area contributed by atoms with E-state index in [-0.39, 0.29) is 11.7 Å². The van der Waals surface area contributed by atoms with Crippen LogP contribution in [-0.4, -0.2) is 49.5 Å². The number of carbonyl (C=O) groups excluding carboxylic acids is 1. The van der Waals surface area contributed by atoms with Gasteiger partial charge in [0.2, 0.25) is 0 Å². The Balaban J connectivity index is 1.96. The van der Waals surface area contributed by atoms with Gasteiger partial charge in [-0.25, -0.2) is 9.18 Å². The molecule has 0 spiro atoms. The molecule has 29 heavy (non-hydrogen) atoms. The second-order valence-electron chi connectivity index (χ2n) is 7.55. The topological polar surface area (TPSA) is 68.2 Å². The van der Waals surface area contributed by atoms with E-state index in [4.69, 9.17) is 14.2 Å². The van der Waals surface area contributed by atoms with Gasteiger partial charge in [-0.05, 0) is 48.9 Å². The van der Waals surface area contributed by atoms with Gasteiger partial charge in [-0.2, -0.15) is 0 Å². The number of ether oxygens (including phenoxy) is 3. The average molecular weight is 403 g/mol. The minimum absolute atomic E-state index is 0.136. The lowest BCUT2D eigenvalue weighted by atomic mass is 9.72. The Bertz CT molecular complexity index is 870. The fraction of sp³-hybridized carbons (Fsp3) is 0.409. The van der Waals surface area contributed by atoms with Crippen molar-refractivity contribution in [3.8, 4) is 17.2 Å². The van der Waals surface area contributed by atoms with E-state index in [1.54, 1.807) is 25.0 Å². The third-order valence-corrected chi connectivity index (χ3v) is 5.75. The summed E-state index contributed by atoms with van der Waals surface area (Å²) in [6.45, 7) is 4.47. The first-order chi connectivity index (χ1) is 13.8. The fourth-order valence-electron chi connectivity index (χ4n) is 3.81. The molecule has 2 aromatic rings. The Hall–Kier alpha value is -2.80. The maximum absolute atomic E-state index is 13.2. The number of likely N-dealkylation sites (tertiary alicyclic amines) is 1. The number of halogens is 1. The summed E-state index contributed by atoms with van der Waals surface area (Å²) in [7, 11) is 2.89. The predicted octanol–water partition coefficient (Wildman–Crippen LogP) is 4.18. The molecule has 0 bridgehead atoms. The summed E-state index contributed by atoms with van der Waals surface area (Å²) >= 11 is 0. The third-order valence-electron chi connectivity index (χ3n) is 5.75. The maximum Gasteiger partial charge on any atom is 0.409 e. The standard InChI is InChI=1S/C22H26FNO5/c1-14(25)22(2)13-24(21(26)28-4)12-18(22)15-5-10-19(27-3)20(11-15)29-17-8-6-16(23)7-9-17/h5-11,14,18,25H,12-13H2,1-4H3/t14-,18-,22-/m1/s1. The fourth-order valence-corrected chi connectivity index (χ4v) is 3.81. The molecule has 1 saturated heterocycles. The van der Waals surface area contributed by atoms with E-state index in [0.717, 1.165) is 5.56 Å². The molecule has 0 unspecified atom stereocenters. The van der Waals surface area contributed by atoms with Crippen molar-refractivity contribution in [3.05, 3.63) is 53.8 Å². The number of amides is 1. The number of hydrogen-bond donors (Lipinski definition) is 1. The number of aliphatic hydroxyl groups excluding tert-OH is 1. The average Bonchev–Trinajstić information content (AvgIpc) is 3.08. The molecule has 3 atom stereocenters. The Morgan fingerprint density at radius 1 is 1.21 bits per heavy atom. The quantitative estimate of drug-likeness (QED) is 0.811. The van der Waals surface area contributed by atoms with Crippen LogP contribution in [0.4, 0.5) is 9.18 Å². The van der Waals surface area contributed by atoms with Gasteiger partial charge in [0.25, 0.3) is 0 Å². The number of rotatable bonds is 5. The van der Waals surface area contributed by atoms with E-state index >= 15 is 0 Å². The van der Waals surface area contributed by atoms with Crippen molar-refractivity contribution in [3.63, 3.8) is 0 Å². The van der Waals surface area contributed by atoms with Crippen LogP contribution < -0.4 is 9.47 Å². The second-order valence-corrected chi connectivity index (χ2v) is 7.55. The van der Waals surface area contributed by atoms with E-state index in [1.165, 1.54) is 31.4 Å². The molecule has 156 valence electrons. The van der Waals surface area contributed by atoms with Crippen LogP contribution in [0.3, 0.4) is 0 Å². The molecule has 7 heteroatoms. The zero-order chi connectivity index (χ0) is 21.2. The van der Waals surface area contributed by atoms with Gasteiger partial charge in [0.05, 0.1) is 20.3 Å². The minimum Gasteiger partial charge on any atom is -0.493 e. The Kier molecular flexibility index (Phi) is 5.98. The smallest absolute Gasteiger partial charge is 0.409 e. The summed E-state index contributed by atoms with van der Waals surface area (Å²) in [4.78, 5) is 13.7. The van der Waals surface area contributed by atoms with Crippen LogP contribution in [0, 0.1) is 11.2 Å². The van der Waals surface area contributed by atoms with Crippen molar-refractivity contribution in [1.82, 2.24) is 4.90 Å². The van der Waals surface area contributed by atoms with Crippen LogP contribution in [0.5, 0.6) is 17.2 Å². The van der Waals surface area contributed by atoms with E-state index < -0.39 is 17.6 Å². The zero-order valence-electron chi connectivity index (χ0n) is 17.0. The molecule has 1 aliphatic rings. The van der Waals surface area contributed by atoms with Crippen molar-refractivity contribution in [1.29, 1.82) is 0 Å². The van der Waals surface area contributed by atoms with Crippen molar-refractivity contribution in [2.75, 3.05) is 27.3 Å². The number of carbonyl (C=O) groups is 1. The van der Waals surface area contributed by atoms with Crippen molar-refractivity contribution in [2.24, 2.45) is 5.41 Å². The first-order valence-corrected chi connectivity index (χ1v) is 9.40. The van der Waals surface area contributed by atoms with Crippen LogP contribution in [0.2, 0.25) is 0 Å². The molecular formula is C22H26FNO5. The van der Waals surface area contributed by atoms with Gasteiger partial charge in [-0.1, -0.05) is 13.0 Å². The molecular weight excluding hydrogens is 377 g/mol. The number of aliphatic hydroxyl groups is 1. The Labute approximate surface area is 169 Å². The van der Waals surface area contributed by atoms with E-state index in [2.05, 4.69) is 0 Å². The van der Waals surface area contributed by atoms with Gasteiger partial charge < -0.3 is 24.2 Å². The van der Waals surface area contributed by atoms with Gasteiger partial charge in [0, 0.05) is 24.4 Å². The van der Waals surface area contributed by atoms with Gasteiger partial charge >= 0.3 is 6.09 Å². The van der Waals surface area contributed by atoms with E-state index in [1.807, 2.05) is 19.1 Å². The highest BCUT2D eigenvalue weighted by Gasteiger charge is 2.48. The molecule has 0 aromatic heterocycles. The van der Waals surface area contributed by atoms with Crippen LogP contribution >= 0.6 is 0 Å². The first-order valence-electron chi connectivity index (χ1n) is 9.40. The predicted molar refractivity (Wildman–Crippen MR) is 106 cm³/mol. The largest absolute Gasteiger partial charge is 0.493 e. The maximum atomic E-state index is 13.2. The SMILES string of the molecule is COC(=O)N1C[C@H](c2ccc(OC)c(Oc3ccc(F)cc3)c2)[C@@](C)([C@@H](C)O)C1. The van der Waals surface area contributed by atoms with Crippen LogP contribution in [0.1, 0.15) is 25.3 Å². The Morgan fingerprint density at radius 3 is 2.48 bits per heavy atom. The van der Waals surface area contributed by atoms with Gasteiger partial charge in [0.1, 0.15) is 11.6 Å².